The highest BCUT2D eigenvalue weighted by Gasteiger charge is 2.21. The smallest absolute Gasteiger partial charge is 0.189 e. The number of fused-ring (bicyclic) bond motifs is 1. The Labute approximate surface area is 175 Å². The predicted molar refractivity (Wildman–Crippen MR) is 116 cm³/mol. The van der Waals surface area contributed by atoms with Gasteiger partial charge >= 0.3 is 0 Å². The first-order valence-electron chi connectivity index (χ1n) is 9.52. The Kier molecular flexibility index (Phi) is 5.68. The van der Waals surface area contributed by atoms with Gasteiger partial charge in [-0.05, 0) is 66.4 Å². The van der Waals surface area contributed by atoms with Crippen molar-refractivity contribution in [2.45, 2.75) is 19.4 Å². The lowest BCUT2D eigenvalue weighted by molar-refractivity contribution is 0.102. The van der Waals surface area contributed by atoms with Crippen LogP contribution in [0.5, 0.6) is 11.5 Å². The highest BCUT2D eigenvalue weighted by Crippen LogP contribution is 2.28. The Hall–Kier alpha value is -3.04. The largest absolute Gasteiger partial charge is 0.496 e. The average Bonchev–Trinajstić information content (AvgIpc) is 2.75. The van der Waals surface area contributed by atoms with Gasteiger partial charge in [-0.2, -0.15) is 0 Å². The Balaban J connectivity index is 1.57. The fourth-order valence-electron chi connectivity index (χ4n) is 3.55. The van der Waals surface area contributed by atoms with Gasteiger partial charge in [0.25, 0.3) is 0 Å². The molecular formula is C25H21ClO3. The number of hydrogen-bond acceptors (Lipinski definition) is 3. The highest BCUT2D eigenvalue weighted by atomic mass is 35.5. The standard InChI is InChI=1S/C25H21ClO3/c1-28-24-13-6-17(15-20(24)16-29-22-11-9-21(26)10-12-22)14-19-8-7-18-4-2-3-5-23(18)25(19)27/h2-6,9-15H,7-8,16H2,1H3. The van der Waals surface area contributed by atoms with Crippen molar-refractivity contribution in [1.29, 1.82) is 0 Å². The number of rotatable bonds is 5. The minimum Gasteiger partial charge on any atom is -0.496 e. The van der Waals surface area contributed by atoms with E-state index in [0.29, 0.717) is 11.6 Å². The number of methoxy groups -OCH3 is 1. The van der Waals surface area contributed by atoms with Crippen LogP contribution < -0.4 is 9.47 Å². The van der Waals surface area contributed by atoms with Crippen LogP contribution in [-0.4, -0.2) is 12.9 Å². The summed E-state index contributed by atoms with van der Waals surface area (Å²) in [5, 5.41) is 0.669. The molecule has 1 aliphatic carbocycles. The van der Waals surface area contributed by atoms with E-state index in [-0.39, 0.29) is 5.78 Å². The molecule has 4 heteroatoms. The van der Waals surface area contributed by atoms with Gasteiger partial charge in [0, 0.05) is 21.7 Å². The summed E-state index contributed by atoms with van der Waals surface area (Å²) >= 11 is 5.92. The maximum atomic E-state index is 12.8. The molecule has 3 aromatic carbocycles. The van der Waals surface area contributed by atoms with Crippen LogP contribution >= 0.6 is 11.6 Å². The van der Waals surface area contributed by atoms with E-state index in [2.05, 4.69) is 0 Å². The zero-order valence-electron chi connectivity index (χ0n) is 16.2. The molecule has 0 radical (unpaired) electrons. The zero-order chi connectivity index (χ0) is 20.2. The lowest BCUT2D eigenvalue weighted by Gasteiger charge is -2.17. The molecule has 3 aromatic rings. The van der Waals surface area contributed by atoms with Crippen LogP contribution in [0.1, 0.15) is 33.5 Å². The maximum absolute atomic E-state index is 12.8. The molecular weight excluding hydrogens is 384 g/mol. The number of hydrogen-bond donors (Lipinski definition) is 0. The van der Waals surface area contributed by atoms with Gasteiger partial charge in [0.15, 0.2) is 5.78 Å². The first-order valence-corrected chi connectivity index (χ1v) is 9.90. The minimum atomic E-state index is 0.113. The number of benzene rings is 3. The van der Waals surface area contributed by atoms with Crippen molar-refractivity contribution in [3.63, 3.8) is 0 Å². The normalized spacial score (nSPS) is 14.6. The topological polar surface area (TPSA) is 35.5 Å². The number of Topliss-reactive ketones (excluding diaryl/α,β-unsaturated/α-hetero) is 1. The second-order valence-corrected chi connectivity index (χ2v) is 7.41. The zero-order valence-corrected chi connectivity index (χ0v) is 16.9. The monoisotopic (exact) mass is 404 g/mol. The van der Waals surface area contributed by atoms with Crippen molar-refractivity contribution in [1.82, 2.24) is 0 Å². The quantitative estimate of drug-likeness (QED) is 0.479. The Morgan fingerprint density at radius 1 is 1.00 bits per heavy atom. The van der Waals surface area contributed by atoms with Gasteiger partial charge in [0.05, 0.1) is 7.11 Å². The summed E-state index contributed by atoms with van der Waals surface area (Å²) in [4.78, 5) is 12.8. The highest BCUT2D eigenvalue weighted by molar-refractivity contribution is 6.30. The van der Waals surface area contributed by atoms with Gasteiger partial charge in [-0.1, -0.05) is 41.9 Å². The van der Waals surface area contributed by atoms with Gasteiger partial charge in [0.1, 0.15) is 18.1 Å². The molecule has 146 valence electrons. The van der Waals surface area contributed by atoms with Gasteiger partial charge in [-0.25, -0.2) is 0 Å². The van der Waals surface area contributed by atoms with E-state index in [9.17, 15) is 4.79 Å². The van der Waals surface area contributed by atoms with Crippen molar-refractivity contribution in [2.24, 2.45) is 0 Å². The number of carbonyl (C=O) groups excluding carboxylic acids is 1. The van der Waals surface area contributed by atoms with E-state index in [1.165, 1.54) is 0 Å². The van der Waals surface area contributed by atoms with Gasteiger partial charge in [0.2, 0.25) is 0 Å². The lowest BCUT2D eigenvalue weighted by atomic mass is 9.86. The van der Waals surface area contributed by atoms with Crippen LogP contribution in [-0.2, 0) is 13.0 Å². The van der Waals surface area contributed by atoms with E-state index in [4.69, 9.17) is 21.1 Å². The molecule has 0 atom stereocenters. The fourth-order valence-corrected chi connectivity index (χ4v) is 3.67. The number of halogens is 1. The SMILES string of the molecule is COc1ccc(C=C2CCc3ccccc3C2=O)cc1COc1ccc(Cl)cc1. The van der Waals surface area contributed by atoms with E-state index in [1.54, 1.807) is 19.2 Å². The molecule has 0 N–H and O–H groups in total. The molecule has 4 rings (SSSR count). The number of aryl methyl sites for hydroxylation is 1. The predicted octanol–water partition coefficient (Wildman–Crippen LogP) is 6.14. The van der Waals surface area contributed by atoms with E-state index in [1.807, 2.05) is 60.7 Å². The third-order valence-electron chi connectivity index (χ3n) is 5.07. The fraction of sp³-hybridized carbons (Fsp3) is 0.160. The van der Waals surface area contributed by atoms with Crippen molar-refractivity contribution >= 4 is 23.5 Å². The number of carbonyl (C=O) groups is 1. The van der Waals surface area contributed by atoms with Gasteiger partial charge in [-0.15, -0.1) is 0 Å². The summed E-state index contributed by atoms with van der Waals surface area (Å²) < 4.78 is 11.4. The van der Waals surface area contributed by atoms with Crippen LogP contribution in [0.3, 0.4) is 0 Å². The van der Waals surface area contributed by atoms with Gasteiger partial charge < -0.3 is 9.47 Å². The molecule has 0 amide bonds. The van der Waals surface area contributed by atoms with Crippen LogP contribution in [0.25, 0.3) is 6.08 Å². The van der Waals surface area contributed by atoms with E-state index >= 15 is 0 Å². The molecule has 0 saturated carbocycles. The number of ketones is 1. The third-order valence-corrected chi connectivity index (χ3v) is 5.32. The Morgan fingerprint density at radius 2 is 1.79 bits per heavy atom. The number of allylic oxidation sites excluding steroid dienone is 1. The third kappa shape index (κ3) is 4.36. The lowest BCUT2D eigenvalue weighted by Crippen LogP contribution is -2.13. The Bertz CT molecular complexity index is 1070. The molecule has 3 nitrogen and oxygen atoms in total. The molecule has 0 aliphatic heterocycles. The molecule has 0 heterocycles. The Morgan fingerprint density at radius 3 is 2.59 bits per heavy atom. The molecule has 29 heavy (non-hydrogen) atoms. The van der Waals surface area contributed by atoms with Crippen LogP contribution in [0.2, 0.25) is 5.02 Å². The number of ether oxygens (including phenoxy) is 2. The van der Waals surface area contributed by atoms with Crippen molar-refractivity contribution in [3.8, 4) is 11.5 Å². The first-order chi connectivity index (χ1) is 14.1. The summed E-state index contributed by atoms with van der Waals surface area (Å²) in [6.07, 6.45) is 3.61. The molecule has 1 aliphatic rings. The maximum Gasteiger partial charge on any atom is 0.189 e. The van der Waals surface area contributed by atoms with Gasteiger partial charge in [-0.3, -0.25) is 4.79 Å². The molecule has 0 unspecified atom stereocenters. The second kappa shape index (κ2) is 8.54. The summed E-state index contributed by atoms with van der Waals surface area (Å²) in [6, 6.07) is 21.0. The molecule has 0 bridgehead atoms. The van der Waals surface area contributed by atoms with Crippen molar-refractivity contribution in [3.05, 3.63) is 99.6 Å². The first kappa shape index (κ1) is 19.3. The summed E-state index contributed by atoms with van der Waals surface area (Å²) in [6.45, 7) is 0.360. The molecule has 0 fully saturated rings. The van der Waals surface area contributed by atoms with Crippen LogP contribution in [0.15, 0.2) is 72.3 Å². The summed E-state index contributed by atoms with van der Waals surface area (Å²) in [5.74, 6) is 1.60. The minimum absolute atomic E-state index is 0.113. The van der Waals surface area contributed by atoms with E-state index in [0.717, 1.165) is 52.2 Å². The molecule has 0 aromatic heterocycles. The molecule has 0 spiro atoms. The average molecular weight is 405 g/mol. The van der Waals surface area contributed by atoms with Crippen LogP contribution in [0, 0.1) is 0 Å². The van der Waals surface area contributed by atoms with E-state index < -0.39 is 0 Å². The summed E-state index contributed by atoms with van der Waals surface area (Å²) in [7, 11) is 1.64. The summed E-state index contributed by atoms with van der Waals surface area (Å²) in [5.41, 5.74) is 4.65. The second-order valence-electron chi connectivity index (χ2n) is 6.97. The van der Waals surface area contributed by atoms with Crippen LogP contribution in [0.4, 0.5) is 0 Å². The van der Waals surface area contributed by atoms with Crippen molar-refractivity contribution in [2.75, 3.05) is 7.11 Å². The van der Waals surface area contributed by atoms with Crippen molar-refractivity contribution < 1.29 is 14.3 Å². The molecule has 0 saturated heterocycles.